The van der Waals surface area contributed by atoms with Gasteiger partial charge in [0.2, 0.25) is 0 Å². The molecule has 2 aliphatic rings. The van der Waals surface area contributed by atoms with Gasteiger partial charge in [-0.2, -0.15) is 0 Å². The lowest BCUT2D eigenvalue weighted by Crippen LogP contribution is -2.62. The minimum absolute atomic E-state index is 0.0656. The zero-order chi connectivity index (χ0) is 11.4. The van der Waals surface area contributed by atoms with Gasteiger partial charge in [-0.1, -0.05) is 24.3 Å². The molecule has 1 fully saturated rings. The lowest BCUT2D eigenvalue weighted by molar-refractivity contribution is -0.245. The Hall–Kier alpha value is -1.31. The fraction of sp³-hybridized carbons (Fsp3) is 0.500. The second-order valence-corrected chi connectivity index (χ2v) is 5.35. The Morgan fingerprint density at radius 3 is 2.69 bits per heavy atom. The molecule has 1 atom stereocenters. The summed E-state index contributed by atoms with van der Waals surface area (Å²) in [5, 5.41) is 0. The van der Waals surface area contributed by atoms with Crippen molar-refractivity contribution in [1.82, 2.24) is 0 Å². The van der Waals surface area contributed by atoms with Crippen molar-refractivity contribution in [2.75, 3.05) is 0 Å². The Morgan fingerprint density at radius 1 is 1.25 bits per heavy atom. The average Bonchev–Trinajstić information content (AvgIpc) is 2.29. The summed E-state index contributed by atoms with van der Waals surface area (Å²) in [6.45, 7) is 4.00. The fourth-order valence-electron chi connectivity index (χ4n) is 3.08. The topological polar surface area (TPSA) is 26.3 Å². The van der Waals surface area contributed by atoms with Gasteiger partial charge in [0.15, 0.2) is 5.60 Å². The molecule has 16 heavy (non-hydrogen) atoms. The molecule has 0 saturated carbocycles. The zero-order valence-electron chi connectivity index (χ0n) is 9.75. The molecule has 84 valence electrons. The first-order valence-corrected chi connectivity index (χ1v) is 5.90. The summed E-state index contributed by atoms with van der Waals surface area (Å²) in [5.41, 5.74) is 1.85. The third-order valence-corrected chi connectivity index (χ3v) is 4.21. The number of esters is 1. The number of hydrogen-bond donors (Lipinski definition) is 0. The van der Waals surface area contributed by atoms with Gasteiger partial charge in [0.25, 0.3) is 0 Å². The predicted octanol–water partition coefficient (Wildman–Crippen LogP) is 2.80. The van der Waals surface area contributed by atoms with E-state index in [2.05, 4.69) is 18.2 Å². The maximum Gasteiger partial charge on any atom is 0.316 e. The monoisotopic (exact) mass is 216 g/mol. The highest BCUT2D eigenvalue weighted by Crippen LogP contribution is 2.57. The van der Waals surface area contributed by atoms with Gasteiger partial charge in [-0.05, 0) is 44.2 Å². The lowest BCUT2D eigenvalue weighted by Gasteiger charge is -2.55. The van der Waals surface area contributed by atoms with Gasteiger partial charge in [0.1, 0.15) is 5.41 Å². The largest absolute Gasteiger partial charge is 0.452 e. The number of ether oxygens (including phenoxy) is 1. The van der Waals surface area contributed by atoms with E-state index >= 15 is 0 Å². The number of hydrogen-bond acceptors (Lipinski definition) is 2. The molecule has 1 aliphatic carbocycles. The molecule has 0 aromatic heterocycles. The van der Waals surface area contributed by atoms with E-state index < -0.39 is 0 Å². The van der Waals surface area contributed by atoms with Gasteiger partial charge in [0, 0.05) is 0 Å². The minimum atomic E-state index is -0.372. The van der Waals surface area contributed by atoms with Crippen LogP contribution in [-0.4, -0.2) is 5.97 Å². The van der Waals surface area contributed by atoms with Crippen molar-refractivity contribution in [3.63, 3.8) is 0 Å². The minimum Gasteiger partial charge on any atom is -0.452 e. The van der Waals surface area contributed by atoms with Gasteiger partial charge >= 0.3 is 5.97 Å². The highest BCUT2D eigenvalue weighted by Gasteiger charge is 2.64. The molecule has 1 saturated heterocycles. The van der Waals surface area contributed by atoms with Crippen LogP contribution in [0.3, 0.4) is 0 Å². The van der Waals surface area contributed by atoms with E-state index in [-0.39, 0.29) is 17.0 Å². The Kier molecular flexibility index (Phi) is 1.78. The second kappa shape index (κ2) is 2.88. The molecule has 2 heteroatoms. The molecule has 0 unspecified atom stereocenters. The van der Waals surface area contributed by atoms with E-state index in [1.54, 1.807) is 0 Å². The summed E-state index contributed by atoms with van der Waals surface area (Å²) in [4.78, 5) is 11.6. The van der Waals surface area contributed by atoms with Crippen LogP contribution in [-0.2, 0) is 21.6 Å². The molecule has 3 rings (SSSR count). The first kappa shape index (κ1) is 9.88. The molecular formula is C14H16O2. The van der Waals surface area contributed by atoms with Crippen LogP contribution >= 0.6 is 0 Å². The summed E-state index contributed by atoms with van der Waals surface area (Å²) in [6, 6.07) is 8.36. The van der Waals surface area contributed by atoms with E-state index in [0.717, 1.165) is 19.3 Å². The molecule has 1 spiro atoms. The van der Waals surface area contributed by atoms with Crippen molar-refractivity contribution < 1.29 is 9.53 Å². The van der Waals surface area contributed by atoms with Crippen LogP contribution in [0.1, 0.15) is 37.8 Å². The van der Waals surface area contributed by atoms with Crippen molar-refractivity contribution in [2.45, 2.75) is 38.7 Å². The Labute approximate surface area is 95.6 Å². The van der Waals surface area contributed by atoms with E-state index in [9.17, 15) is 4.79 Å². The van der Waals surface area contributed by atoms with Crippen LogP contribution in [0.15, 0.2) is 24.3 Å². The van der Waals surface area contributed by atoms with Crippen LogP contribution in [0.2, 0.25) is 0 Å². The van der Waals surface area contributed by atoms with E-state index in [1.165, 1.54) is 11.1 Å². The van der Waals surface area contributed by atoms with E-state index in [4.69, 9.17) is 4.74 Å². The molecule has 1 aromatic rings. The smallest absolute Gasteiger partial charge is 0.316 e. The number of rotatable bonds is 0. The molecule has 1 heterocycles. The van der Waals surface area contributed by atoms with Crippen LogP contribution < -0.4 is 0 Å². The molecule has 0 amide bonds. The maximum absolute atomic E-state index is 11.6. The summed E-state index contributed by atoms with van der Waals surface area (Å²) in [6.07, 6.45) is 3.17. The van der Waals surface area contributed by atoms with E-state index in [1.807, 2.05) is 19.9 Å². The van der Waals surface area contributed by atoms with Gasteiger partial charge in [0.05, 0.1) is 0 Å². The quantitative estimate of drug-likeness (QED) is 0.623. The maximum atomic E-state index is 11.6. The number of carbonyl (C=O) groups is 1. The molecule has 1 aromatic carbocycles. The molecule has 0 N–H and O–H groups in total. The van der Waals surface area contributed by atoms with Crippen LogP contribution in [0.4, 0.5) is 0 Å². The highest BCUT2D eigenvalue weighted by atomic mass is 16.6. The van der Waals surface area contributed by atoms with Gasteiger partial charge in [-0.15, -0.1) is 0 Å². The Balaban J connectivity index is 2.16. The highest BCUT2D eigenvalue weighted by molar-refractivity contribution is 5.85. The SMILES string of the molecule is CC1(C)C(=O)O[C@@]12CCCc1ccccc12. The number of carbonyl (C=O) groups excluding carboxylic acids is 1. The molecule has 1 aliphatic heterocycles. The van der Waals surface area contributed by atoms with Crippen molar-refractivity contribution in [1.29, 1.82) is 0 Å². The normalized spacial score (nSPS) is 30.5. The van der Waals surface area contributed by atoms with E-state index in [0.29, 0.717) is 0 Å². The van der Waals surface area contributed by atoms with Gasteiger partial charge < -0.3 is 4.74 Å². The van der Waals surface area contributed by atoms with Crippen LogP contribution in [0, 0.1) is 5.41 Å². The van der Waals surface area contributed by atoms with Crippen molar-refractivity contribution in [3.05, 3.63) is 35.4 Å². The van der Waals surface area contributed by atoms with Crippen LogP contribution in [0.25, 0.3) is 0 Å². The molecular weight excluding hydrogens is 200 g/mol. The molecule has 0 bridgehead atoms. The Bertz CT molecular complexity index is 462. The molecule has 2 nitrogen and oxygen atoms in total. The Morgan fingerprint density at radius 2 is 2.00 bits per heavy atom. The predicted molar refractivity (Wildman–Crippen MR) is 60.9 cm³/mol. The van der Waals surface area contributed by atoms with Crippen molar-refractivity contribution >= 4 is 5.97 Å². The first-order chi connectivity index (χ1) is 7.58. The van der Waals surface area contributed by atoms with Gasteiger partial charge in [-0.3, -0.25) is 4.79 Å². The summed E-state index contributed by atoms with van der Waals surface area (Å²) < 4.78 is 5.57. The lowest BCUT2D eigenvalue weighted by atomic mass is 9.60. The second-order valence-electron chi connectivity index (χ2n) is 5.35. The summed E-state index contributed by atoms with van der Waals surface area (Å²) >= 11 is 0. The van der Waals surface area contributed by atoms with Crippen molar-refractivity contribution in [2.24, 2.45) is 5.41 Å². The van der Waals surface area contributed by atoms with Gasteiger partial charge in [-0.25, -0.2) is 0 Å². The number of aryl methyl sites for hydroxylation is 1. The van der Waals surface area contributed by atoms with Crippen LogP contribution in [0.5, 0.6) is 0 Å². The zero-order valence-corrected chi connectivity index (χ0v) is 9.75. The number of benzene rings is 1. The molecule has 0 radical (unpaired) electrons. The number of fused-ring (bicyclic) bond motifs is 2. The fourth-order valence-corrected chi connectivity index (χ4v) is 3.08. The summed E-state index contributed by atoms with van der Waals surface area (Å²) in [7, 11) is 0. The average molecular weight is 216 g/mol. The summed E-state index contributed by atoms with van der Waals surface area (Å²) in [5.74, 6) is -0.0656. The third kappa shape index (κ3) is 0.952. The van der Waals surface area contributed by atoms with Crippen molar-refractivity contribution in [3.8, 4) is 0 Å². The third-order valence-electron chi connectivity index (χ3n) is 4.21. The standard InChI is InChI=1S/C14H16O2/c1-13(2)12(15)16-14(13)9-5-7-10-6-3-4-8-11(10)14/h3-4,6,8H,5,7,9H2,1-2H3/t14-/m1/s1. The first-order valence-electron chi connectivity index (χ1n) is 5.90.